The van der Waals surface area contributed by atoms with E-state index < -0.39 is 0 Å². The van der Waals surface area contributed by atoms with Gasteiger partial charge in [0.15, 0.2) is 5.82 Å². The van der Waals surface area contributed by atoms with Crippen molar-refractivity contribution in [3.8, 4) is 11.5 Å². The second-order valence-corrected chi connectivity index (χ2v) is 6.22. The van der Waals surface area contributed by atoms with Gasteiger partial charge in [-0.25, -0.2) is 0 Å². The number of aryl methyl sites for hydroxylation is 1. The number of piperidine rings is 1. The number of aromatic nitrogens is 2. The molecule has 2 N–H and O–H groups in total. The maximum Gasteiger partial charge on any atom is 0.258 e. The zero-order valence-corrected chi connectivity index (χ0v) is 13.4. The van der Waals surface area contributed by atoms with Crippen molar-refractivity contribution in [2.24, 2.45) is 11.7 Å². The van der Waals surface area contributed by atoms with Gasteiger partial charge in [-0.15, -0.1) is 0 Å². The molecule has 1 aliphatic rings. The molecule has 2 aromatic rings. The van der Waals surface area contributed by atoms with Crippen LogP contribution in [-0.4, -0.2) is 34.0 Å². The van der Waals surface area contributed by atoms with Crippen molar-refractivity contribution in [2.45, 2.75) is 32.7 Å². The van der Waals surface area contributed by atoms with Crippen LogP contribution in [0.15, 0.2) is 28.8 Å². The zero-order valence-electron chi connectivity index (χ0n) is 13.4. The molecule has 0 atom stereocenters. The van der Waals surface area contributed by atoms with Crippen LogP contribution in [0.5, 0.6) is 0 Å². The average Bonchev–Trinajstić information content (AvgIpc) is 2.97. The maximum atomic E-state index is 11.0. The number of likely N-dealkylation sites (tertiary alicyclic amines) is 1. The molecular formula is C17H22N4O2. The Kier molecular flexibility index (Phi) is 4.71. The number of primary amides is 1. The molecule has 122 valence electrons. The first kappa shape index (κ1) is 15.7. The summed E-state index contributed by atoms with van der Waals surface area (Å²) in [6.07, 6.45) is 2.48. The molecule has 0 spiro atoms. The van der Waals surface area contributed by atoms with E-state index in [-0.39, 0.29) is 5.91 Å². The van der Waals surface area contributed by atoms with Crippen molar-refractivity contribution in [1.29, 1.82) is 0 Å². The number of carbonyl (C=O) groups is 1. The molecular weight excluding hydrogens is 292 g/mol. The third kappa shape index (κ3) is 3.96. The lowest BCUT2D eigenvalue weighted by molar-refractivity contribution is -0.119. The number of nitrogens with two attached hydrogens (primary N) is 1. The van der Waals surface area contributed by atoms with Crippen LogP contribution in [0, 0.1) is 12.8 Å². The summed E-state index contributed by atoms with van der Waals surface area (Å²) in [7, 11) is 0. The zero-order chi connectivity index (χ0) is 16.2. The lowest BCUT2D eigenvalue weighted by Gasteiger charge is -2.30. The second kappa shape index (κ2) is 6.91. The molecule has 1 aromatic heterocycles. The monoisotopic (exact) mass is 314 g/mol. The molecule has 1 fully saturated rings. The van der Waals surface area contributed by atoms with Gasteiger partial charge in [0.1, 0.15) is 0 Å². The Morgan fingerprint density at radius 1 is 1.35 bits per heavy atom. The minimum atomic E-state index is -0.204. The van der Waals surface area contributed by atoms with Crippen molar-refractivity contribution in [3.63, 3.8) is 0 Å². The molecule has 3 rings (SSSR count). The van der Waals surface area contributed by atoms with Crippen LogP contribution in [0.2, 0.25) is 0 Å². The van der Waals surface area contributed by atoms with E-state index in [1.165, 1.54) is 0 Å². The number of rotatable bonds is 5. The highest BCUT2D eigenvalue weighted by molar-refractivity contribution is 5.74. The molecule has 6 nitrogen and oxygen atoms in total. The third-order valence-corrected chi connectivity index (χ3v) is 4.41. The standard InChI is InChI=1S/C17H22N4O2/c1-12-4-2-3-5-14(12)17-19-16(20-23-17)11-21-8-6-13(7-9-21)10-15(18)22/h2-5,13H,6-11H2,1H3,(H2,18,22). The van der Waals surface area contributed by atoms with Crippen molar-refractivity contribution in [2.75, 3.05) is 13.1 Å². The van der Waals surface area contributed by atoms with Gasteiger partial charge < -0.3 is 10.3 Å². The van der Waals surface area contributed by atoms with Gasteiger partial charge in [0.25, 0.3) is 5.89 Å². The van der Waals surface area contributed by atoms with Crippen molar-refractivity contribution in [3.05, 3.63) is 35.7 Å². The van der Waals surface area contributed by atoms with Gasteiger partial charge in [0.2, 0.25) is 5.91 Å². The third-order valence-electron chi connectivity index (χ3n) is 4.41. The van der Waals surface area contributed by atoms with E-state index in [2.05, 4.69) is 15.0 Å². The van der Waals surface area contributed by atoms with E-state index in [0.29, 0.717) is 30.6 Å². The molecule has 0 unspecified atom stereocenters. The predicted molar refractivity (Wildman–Crippen MR) is 86.3 cm³/mol. The Bertz CT molecular complexity index is 675. The van der Waals surface area contributed by atoms with Crippen LogP contribution in [-0.2, 0) is 11.3 Å². The Labute approximate surface area is 135 Å². The van der Waals surface area contributed by atoms with Crippen LogP contribution in [0.25, 0.3) is 11.5 Å². The summed E-state index contributed by atoms with van der Waals surface area (Å²) in [5.41, 5.74) is 7.37. The fourth-order valence-corrected chi connectivity index (χ4v) is 3.07. The van der Waals surface area contributed by atoms with E-state index in [1.54, 1.807) is 0 Å². The van der Waals surface area contributed by atoms with Gasteiger partial charge in [-0.2, -0.15) is 4.98 Å². The minimum absolute atomic E-state index is 0.204. The SMILES string of the molecule is Cc1ccccc1-c1nc(CN2CCC(CC(N)=O)CC2)no1. The fraction of sp³-hybridized carbons (Fsp3) is 0.471. The topological polar surface area (TPSA) is 85.3 Å². The number of carbonyl (C=O) groups excluding carboxylic acids is 1. The van der Waals surface area contributed by atoms with E-state index >= 15 is 0 Å². The second-order valence-electron chi connectivity index (χ2n) is 6.22. The molecule has 0 saturated carbocycles. The van der Waals surface area contributed by atoms with Gasteiger partial charge in [-0.3, -0.25) is 9.69 Å². The summed E-state index contributed by atoms with van der Waals surface area (Å²) in [6, 6.07) is 7.98. The summed E-state index contributed by atoms with van der Waals surface area (Å²) < 4.78 is 5.40. The highest BCUT2D eigenvalue weighted by Crippen LogP contribution is 2.23. The Morgan fingerprint density at radius 2 is 2.09 bits per heavy atom. The molecule has 23 heavy (non-hydrogen) atoms. The van der Waals surface area contributed by atoms with E-state index in [0.717, 1.165) is 37.1 Å². The summed E-state index contributed by atoms with van der Waals surface area (Å²) in [4.78, 5) is 17.8. The quantitative estimate of drug-likeness (QED) is 0.914. The predicted octanol–water partition coefficient (Wildman–Crippen LogP) is 2.13. The molecule has 1 aromatic carbocycles. The van der Waals surface area contributed by atoms with Crippen molar-refractivity contribution >= 4 is 5.91 Å². The number of amides is 1. The van der Waals surface area contributed by atoms with Gasteiger partial charge in [-0.05, 0) is 50.4 Å². The van der Waals surface area contributed by atoms with Gasteiger partial charge >= 0.3 is 0 Å². The summed E-state index contributed by atoms with van der Waals surface area (Å²) in [5.74, 6) is 1.49. The molecule has 0 bridgehead atoms. The Hall–Kier alpha value is -2.21. The van der Waals surface area contributed by atoms with Crippen LogP contribution in [0.3, 0.4) is 0 Å². The highest BCUT2D eigenvalue weighted by atomic mass is 16.5. The maximum absolute atomic E-state index is 11.0. The number of hydrogen-bond donors (Lipinski definition) is 1. The molecule has 0 aliphatic carbocycles. The summed E-state index contributed by atoms with van der Waals surface area (Å²) in [5, 5.41) is 4.09. The number of benzene rings is 1. The minimum Gasteiger partial charge on any atom is -0.370 e. The molecule has 6 heteroatoms. The Balaban J connectivity index is 1.58. The molecule has 2 heterocycles. The fourth-order valence-electron chi connectivity index (χ4n) is 3.07. The van der Waals surface area contributed by atoms with Crippen LogP contribution in [0.1, 0.15) is 30.7 Å². The van der Waals surface area contributed by atoms with E-state index in [4.69, 9.17) is 10.3 Å². The Morgan fingerprint density at radius 3 is 2.78 bits per heavy atom. The van der Waals surface area contributed by atoms with E-state index in [1.807, 2.05) is 31.2 Å². The molecule has 1 aliphatic heterocycles. The van der Waals surface area contributed by atoms with Gasteiger partial charge in [0.05, 0.1) is 6.54 Å². The lowest BCUT2D eigenvalue weighted by atomic mass is 9.93. The molecule has 1 amide bonds. The van der Waals surface area contributed by atoms with Gasteiger partial charge in [-0.1, -0.05) is 23.4 Å². The van der Waals surface area contributed by atoms with Crippen molar-refractivity contribution in [1.82, 2.24) is 15.0 Å². The lowest BCUT2D eigenvalue weighted by Crippen LogP contribution is -2.34. The summed E-state index contributed by atoms with van der Waals surface area (Å²) >= 11 is 0. The first-order valence-electron chi connectivity index (χ1n) is 8.01. The summed E-state index contributed by atoms with van der Waals surface area (Å²) in [6.45, 7) is 4.58. The van der Waals surface area contributed by atoms with Crippen molar-refractivity contribution < 1.29 is 9.32 Å². The van der Waals surface area contributed by atoms with Crippen LogP contribution >= 0.6 is 0 Å². The first-order chi connectivity index (χ1) is 11.1. The number of hydrogen-bond acceptors (Lipinski definition) is 5. The number of nitrogens with zero attached hydrogens (tertiary/aromatic N) is 3. The smallest absolute Gasteiger partial charge is 0.258 e. The molecule has 1 saturated heterocycles. The first-order valence-corrected chi connectivity index (χ1v) is 8.01. The van der Waals surface area contributed by atoms with Gasteiger partial charge in [0, 0.05) is 12.0 Å². The normalized spacial score (nSPS) is 16.6. The van der Waals surface area contributed by atoms with E-state index in [9.17, 15) is 4.79 Å². The average molecular weight is 314 g/mol. The van der Waals surface area contributed by atoms with Crippen LogP contribution < -0.4 is 5.73 Å². The largest absolute Gasteiger partial charge is 0.370 e. The van der Waals surface area contributed by atoms with Crippen LogP contribution in [0.4, 0.5) is 0 Å². The highest BCUT2D eigenvalue weighted by Gasteiger charge is 2.22. The molecule has 0 radical (unpaired) electrons.